The van der Waals surface area contributed by atoms with Gasteiger partial charge in [0.1, 0.15) is 11.5 Å². The Hall–Kier alpha value is -3.96. The Morgan fingerprint density at radius 3 is 2.29 bits per heavy atom. The molecule has 8 nitrogen and oxygen atoms in total. The zero-order valence-electron chi connectivity index (χ0n) is 19.5. The quantitative estimate of drug-likeness (QED) is 0.627. The number of hydrogen-bond acceptors (Lipinski definition) is 8. The summed E-state index contributed by atoms with van der Waals surface area (Å²) in [5.41, 5.74) is 8.32. The van der Waals surface area contributed by atoms with Crippen LogP contribution in [0.1, 0.15) is 24.3 Å². The van der Waals surface area contributed by atoms with Crippen molar-refractivity contribution in [1.29, 1.82) is 5.26 Å². The van der Waals surface area contributed by atoms with Crippen LogP contribution in [0.3, 0.4) is 0 Å². The van der Waals surface area contributed by atoms with Gasteiger partial charge in [-0.05, 0) is 30.5 Å². The van der Waals surface area contributed by atoms with Crippen molar-refractivity contribution in [3.05, 3.63) is 81.8 Å². The predicted molar refractivity (Wildman–Crippen MR) is 132 cm³/mol. The summed E-state index contributed by atoms with van der Waals surface area (Å²) in [4.78, 5) is 30.0. The van der Waals surface area contributed by atoms with E-state index in [1.165, 1.54) is 19.1 Å². The molecule has 0 radical (unpaired) electrons. The summed E-state index contributed by atoms with van der Waals surface area (Å²) < 4.78 is 10.2. The van der Waals surface area contributed by atoms with E-state index in [0.717, 1.165) is 25.9 Å². The van der Waals surface area contributed by atoms with E-state index in [2.05, 4.69) is 11.0 Å². The number of esters is 2. The van der Waals surface area contributed by atoms with E-state index in [9.17, 15) is 14.9 Å². The highest BCUT2D eigenvalue weighted by molar-refractivity contribution is 6.34. The standard InChI is InChI=1S/C26H25ClN4O4/c1-34-25(32)21-20(16-9-4-3-5-10-16)17(15-28)24(29)31(23(21)26(33)35-2)19-12-8-11-18(27)22(19)30-13-6-7-14-30/h3-5,8-12,20H,6-7,13-14,29H2,1-2H3. The van der Waals surface area contributed by atoms with Crippen molar-refractivity contribution in [2.24, 2.45) is 5.73 Å². The van der Waals surface area contributed by atoms with E-state index >= 15 is 0 Å². The second-order valence-electron chi connectivity index (χ2n) is 8.14. The normalized spacial score (nSPS) is 17.9. The minimum absolute atomic E-state index is 0.0112. The predicted octanol–water partition coefficient (Wildman–Crippen LogP) is 3.84. The number of carbonyl (C=O) groups excluding carboxylic acids is 2. The van der Waals surface area contributed by atoms with E-state index in [-0.39, 0.29) is 22.7 Å². The first-order chi connectivity index (χ1) is 16.9. The van der Waals surface area contributed by atoms with E-state index < -0.39 is 17.9 Å². The Kier molecular flexibility index (Phi) is 6.99. The van der Waals surface area contributed by atoms with Crippen molar-refractivity contribution >= 4 is 34.9 Å². The third-order valence-corrected chi connectivity index (χ3v) is 6.54. The van der Waals surface area contributed by atoms with Gasteiger partial charge in [0.2, 0.25) is 0 Å². The van der Waals surface area contributed by atoms with Gasteiger partial charge in [0.15, 0.2) is 0 Å². The molecule has 2 aliphatic rings. The van der Waals surface area contributed by atoms with E-state index in [1.54, 1.807) is 42.5 Å². The van der Waals surface area contributed by atoms with Crippen LogP contribution in [-0.2, 0) is 19.1 Å². The number of methoxy groups -OCH3 is 2. The average Bonchev–Trinajstić information content (AvgIpc) is 3.41. The number of nitrogens with two attached hydrogens (primary N) is 1. The lowest BCUT2D eigenvalue weighted by Crippen LogP contribution is -2.41. The fraction of sp³-hybridized carbons (Fsp3) is 0.269. The highest BCUT2D eigenvalue weighted by Crippen LogP contribution is 2.47. The Bertz CT molecular complexity index is 1260. The first-order valence-corrected chi connectivity index (χ1v) is 11.5. The van der Waals surface area contributed by atoms with E-state index in [0.29, 0.717) is 22.0 Å². The van der Waals surface area contributed by atoms with Crippen LogP contribution in [-0.4, -0.2) is 39.2 Å². The van der Waals surface area contributed by atoms with Crippen LogP contribution in [0.4, 0.5) is 11.4 Å². The molecule has 0 amide bonds. The van der Waals surface area contributed by atoms with Crippen LogP contribution in [0.25, 0.3) is 0 Å². The van der Waals surface area contributed by atoms with Crippen LogP contribution >= 0.6 is 11.6 Å². The number of nitrogens with zero attached hydrogens (tertiary/aromatic N) is 3. The van der Waals surface area contributed by atoms with Crippen molar-refractivity contribution in [3.63, 3.8) is 0 Å². The van der Waals surface area contributed by atoms with Crippen molar-refractivity contribution < 1.29 is 19.1 Å². The van der Waals surface area contributed by atoms with E-state index in [1.807, 2.05) is 6.07 Å². The molecule has 2 aliphatic heterocycles. The molecule has 1 atom stereocenters. The van der Waals surface area contributed by atoms with Crippen LogP contribution in [0.2, 0.25) is 5.02 Å². The molecule has 2 N–H and O–H groups in total. The number of halogens is 1. The van der Waals surface area contributed by atoms with Crippen LogP contribution < -0.4 is 15.5 Å². The molecule has 2 aromatic carbocycles. The number of rotatable bonds is 5. The van der Waals surface area contributed by atoms with Crippen molar-refractivity contribution in [2.45, 2.75) is 18.8 Å². The number of allylic oxidation sites excluding steroid dienone is 1. The molecule has 1 saturated heterocycles. The van der Waals surface area contributed by atoms with Crippen molar-refractivity contribution in [3.8, 4) is 6.07 Å². The zero-order valence-corrected chi connectivity index (χ0v) is 20.2. The zero-order chi connectivity index (χ0) is 25.1. The smallest absolute Gasteiger partial charge is 0.355 e. The fourth-order valence-corrected chi connectivity index (χ4v) is 4.99. The number of carbonyl (C=O) groups is 2. The maximum absolute atomic E-state index is 13.3. The van der Waals surface area contributed by atoms with Crippen LogP contribution in [0.5, 0.6) is 0 Å². The molecule has 0 aromatic heterocycles. The summed E-state index contributed by atoms with van der Waals surface area (Å²) in [5.74, 6) is -2.47. The minimum atomic E-state index is -0.923. The van der Waals surface area contributed by atoms with Gasteiger partial charge >= 0.3 is 11.9 Å². The van der Waals surface area contributed by atoms with Gasteiger partial charge in [-0.2, -0.15) is 5.26 Å². The number of benzene rings is 2. The first kappa shape index (κ1) is 24.2. The van der Waals surface area contributed by atoms with Gasteiger partial charge in [-0.15, -0.1) is 0 Å². The third-order valence-electron chi connectivity index (χ3n) is 6.24. The molecule has 1 fully saturated rings. The first-order valence-electron chi connectivity index (χ1n) is 11.1. The van der Waals surface area contributed by atoms with Gasteiger partial charge in [0.05, 0.1) is 53.8 Å². The second kappa shape index (κ2) is 10.1. The SMILES string of the molecule is COC(=O)C1=C(C(=O)OC)N(c2cccc(Cl)c2N2CCCC2)C(N)=C(C#N)C1c1ccccc1. The molecule has 1 unspecified atom stereocenters. The van der Waals surface area contributed by atoms with Gasteiger partial charge in [-0.1, -0.05) is 48.0 Å². The largest absolute Gasteiger partial charge is 0.466 e. The molecule has 2 aromatic rings. The molecule has 0 aliphatic carbocycles. The fourth-order valence-electron chi connectivity index (χ4n) is 4.70. The third kappa shape index (κ3) is 4.19. The van der Waals surface area contributed by atoms with Crippen molar-refractivity contribution in [1.82, 2.24) is 0 Å². The van der Waals surface area contributed by atoms with E-state index in [4.69, 9.17) is 26.8 Å². The Morgan fingerprint density at radius 2 is 1.69 bits per heavy atom. The lowest BCUT2D eigenvalue weighted by Gasteiger charge is -2.38. The summed E-state index contributed by atoms with van der Waals surface area (Å²) >= 11 is 6.64. The van der Waals surface area contributed by atoms with Gasteiger partial charge in [-0.3, -0.25) is 4.90 Å². The van der Waals surface area contributed by atoms with Crippen LogP contribution in [0.15, 0.2) is 71.2 Å². The summed E-state index contributed by atoms with van der Waals surface area (Å²) in [6.07, 6.45) is 1.98. The topological polar surface area (TPSA) is 109 Å². The maximum Gasteiger partial charge on any atom is 0.355 e. The average molecular weight is 493 g/mol. The lowest BCUT2D eigenvalue weighted by atomic mass is 9.81. The van der Waals surface area contributed by atoms with Gasteiger partial charge in [0.25, 0.3) is 0 Å². The van der Waals surface area contributed by atoms with Gasteiger partial charge in [-0.25, -0.2) is 9.59 Å². The molecular formula is C26H25ClN4O4. The number of anilines is 2. The molecule has 2 heterocycles. The molecule has 35 heavy (non-hydrogen) atoms. The second-order valence-corrected chi connectivity index (χ2v) is 8.54. The molecule has 0 bridgehead atoms. The Labute approximate surface area is 208 Å². The lowest BCUT2D eigenvalue weighted by molar-refractivity contribution is -0.139. The molecule has 180 valence electrons. The monoisotopic (exact) mass is 492 g/mol. The Morgan fingerprint density at radius 1 is 1.03 bits per heavy atom. The highest BCUT2D eigenvalue weighted by Gasteiger charge is 2.44. The summed E-state index contributed by atoms with van der Waals surface area (Å²) in [6, 6.07) is 16.3. The maximum atomic E-state index is 13.3. The Balaban J connectivity index is 2.07. The van der Waals surface area contributed by atoms with Gasteiger partial charge < -0.3 is 20.1 Å². The highest BCUT2D eigenvalue weighted by atomic mass is 35.5. The molecule has 0 saturated carbocycles. The van der Waals surface area contributed by atoms with Crippen molar-refractivity contribution in [2.75, 3.05) is 37.1 Å². The summed E-state index contributed by atoms with van der Waals surface area (Å²) in [6.45, 7) is 1.54. The molecule has 9 heteroatoms. The molecule has 4 rings (SSSR count). The van der Waals surface area contributed by atoms with Gasteiger partial charge in [0, 0.05) is 13.1 Å². The molecule has 0 spiro atoms. The number of ether oxygens (including phenoxy) is 2. The summed E-state index contributed by atoms with van der Waals surface area (Å²) in [7, 11) is 2.44. The number of hydrogen-bond donors (Lipinski definition) is 1. The number of nitriles is 1. The van der Waals surface area contributed by atoms with Crippen LogP contribution in [0, 0.1) is 11.3 Å². The summed E-state index contributed by atoms with van der Waals surface area (Å²) in [5, 5.41) is 10.7. The minimum Gasteiger partial charge on any atom is -0.466 e. The molecular weight excluding hydrogens is 468 g/mol. The number of para-hydroxylation sites is 1.